The van der Waals surface area contributed by atoms with Crippen molar-refractivity contribution in [3.05, 3.63) is 345 Å². The van der Waals surface area contributed by atoms with Gasteiger partial charge >= 0.3 is 28.4 Å². The molecule has 0 saturated heterocycles. The van der Waals surface area contributed by atoms with Crippen LogP contribution < -0.4 is 52.1 Å². The van der Waals surface area contributed by atoms with Crippen molar-refractivity contribution < 1.29 is 231 Å². The predicted octanol–water partition coefficient (Wildman–Crippen LogP) is 14.3. The Labute approximate surface area is 891 Å². The van der Waals surface area contributed by atoms with Crippen LogP contribution in [0.4, 0.5) is 43.9 Å². The van der Waals surface area contributed by atoms with Crippen molar-refractivity contribution in [2.75, 3.05) is 0 Å². The van der Waals surface area contributed by atoms with Gasteiger partial charge < -0.3 is 23.7 Å². The number of tetrazole rings is 5. The number of alkyl halides is 10. The Morgan fingerprint density at radius 1 is 0.344 bits per heavy atom. The molecule has 10 aromatic carbocycles. The van der Waals surface area contributed by atoms with Gasteiger partial charge in [0.2, 0.25) is 32.1 Å². The van der Waals surface area contributed by atoms with Crippen LogP contribution in [-0.2, 0) is 238 Å². The van der Waals surface area contributed by atoms with E-state index >= 15 is 0 Å². The first-order valence-corrected chi connectivity index (χ1v) is 39.3. The van der Waals surface area contributed by atoms with E-state index < -0.39 is 60.6 Å². The second kappa shape index (κ2) is 53.2. The molecule has 48 heteroatoms. The van der Waals surface area contributed by atoms with Crippen LogP contribution in [0.3, 0.4) is 0 Å². The minimum Gasteiger partial charge on any atom is -0.514 e. The summed E-state index contributed by atoms with van der Waals surface area (Å²) in [5.74, 6) is 0.315. The number of rotatable bonds is 26. The summed E-state index contributed by atoms with van der Waals surface area (Å²) in [5, 5.41) is 37.8. The van der Waals surface area contributed by atoms with Crippen LogP contribution in [0.1, 0.15) is 106 Å². The normalized spacial score (nSPS) is 10.7. The Balaban J connectivity index is 0.000000250. The molecular weight excluding hydrogens is 2310 g/mol. The van der Waals surface area contributed by atoms with Gasteiger partial charge in [-0.3, -0.25) is 0 Å². The zero-order valence-corrected chi connectivity index (χ0v) is 88.5. The SMILES string of the molecule is CCc1cccc(-n2nnn(C)c2=O)c1COc1cc[c-]cc1C(F)F.Cc1cccc(-n2nnn(C)c2=O)c1COc1cc[c-]cc1C(F)F.Cn1nnn(-c2cccc(Br)c2COc2cc[c-]cc2C(F)F)c1=O.Cn1nnn(-c2cccc(Cl)c2COc2cc[c-]cc2C(F)F)c1=O.Cn1nnn(-c2cccc(I)c2COc2cc[c-]cc2C(F)F)c1=O.[Y].[Y].[Y].[Y].[Y]. The summed E-state index contributed by atoms with van der Waals surface area (Å²) < 4.78 is 171. The Morgan fingerprint density at radius 2 is 0.595 bits per heavy atom. The number of ether oxygens (including phenoxy) is 5. The van der Waals surface area contributed by atoms with Gasteiger partial charge in [0.15, 0.2) is 0 Å². The Kier molecular flexibility index (Phi) is 45.4. The molecule has 0 aliphatic rings. The summed E-state index contributed by atoms with van der Waals surface area (Å²) in [6.07, 6.45) is -12.7. The van der Waals surface area contributed by atoms with E-state index in [1.165, 1.54) is 131 Å². The van der Waals surface area contributed by atoms with Crippen LogP contribution in [0.15, 0.2) is 210 Å². The molecule has 0 aliphatic carbocycles. The molecule has 0 amide bonds. The second-order valence-corrected chi connectivity index (χ2v) is 28.7. The number of aromatic nitrogens is 20. The number of nitrogens with zero attached hydrogens (tertiary/aromatic N) is 20. The van der Waals surface area contributed by atoms with E-state index in [-0.39, 0.29) is 253 Å². The van der Waals surface area contributed by atoms with Gasteiger partial charge in [0, 0.05) is 268 Å². The monoisotopic (exact) mass is 2380 g/mol. The van der Waals surface area contributed by atoms with E-state index in [0.29, 0.717) is 72.2 Å². The number of hydrogen-bond donors (Lipinski definition) is 0. The van der Waals surface area contributed by atoms with E-state index in [0.717, 1.165) is 56.8 Å². The Hall–Kier alpha value is -8.13. The van der Waals surface area contributed by atoms with E-state index in [1.54, 1.807) is 72.8 Å². The molecule has 15 aromatic rings. The van der Waals surface area contributed by atoms with Crippen LogP contribution in [0.25, 0.3) is 28.4 Å². The standard InChI is InChI=1S/C18H17F2N4O2.C17H15F2N4O2.C16H12BrF2N4O2.C16H12ClF2N4O2.C16H12F2IN4O2.5Y/c1-3-12-7-6-9-15(24-18(25)23(2)21-22-24)14(12)11-26-16-10-5-4-8-13(16)17(19)20;1-11-6-5-8-14(23-17(24)22(2)20-21-23)13(11)10-25-15-9-4-3-7-12(15)16(18)19;2*1-22-16(24)23(21-20-22)13-7-4-6-12(17)11(13)9-25-14-8-3-2-5-10(14)15(18)19;1-22-16(24)23(21-20-22)13-7-4-6-12(19)11(13)9-25-14-8-3-2-5-10(14)15(17)18;;;;;/h5-10,17H,3,11H2,1-2H3;4-9,16H,10H2,1-2H3;3*3-8,15H,9H2,1H3;;;;;/q5*-1;;;;;. The van der Waals surface area contributed by atoms with Crippen LogP contribution in [0, 0.1) is 40.8 Å². The van der Waals surface area contributed by atoms with Gasteiger partial charge in [-0.1, -0.05) is 76.9 Å². The van der Waals surface area contributed by atoms with Crippen LogP contribution in [-0.4, -0.2) is 99.0 Å². The largest absolute Gasteiger partial charge is 0.514 e. The molecule has 5 heterocycles. The number of halogens is 13. The van der Waals surface area contributed by atoms with Crippen molar-refractivity contribution >= 4 is 50.1 Å². The average Bonchev–Trinajstić information content (AvgIpc) is 1.42. The minimum atomic E-state index is -2.69. The van der Waals surface area contributed by atoms with Crippen molar-refractivity contribution in [2.24, 2.45) is 35.2 Å². The number of aryl methyl sites for hydroxylation is 7. The summed E-state index contributed by atoms with van der Waals surface area (Å²) in [4.78, 5) is 60.6. The molecule has 0 saturated carbocycles. The van der Waals surface area contributed by atoms with Crippen LogP contribution in [0.5, 0.6) is 28.7 Å². The molecule has 0 bridgehead atoms. The predicted molar refractivity (Wildman–Crippen MR) is 445 cm³/mol. The molecule has 0 fully saturated rings. The molecule has 0 atom stereocenters. The summed E-state index contributed by atoms with van der Waals surface area (Å²) in [7, 11) is 7.43. The third-order valence-corrected chi connectivity index (χ3v) is 20.5. The zero-order valence-electron chi connectivity index (χ0n) is 69.8. The molecule has 5 aromatic heterocycles. The molecule has 15 rings (SSSR count). The van der Waals surface area contributed by atoms with Gasteiger partial charge in [-0.05, 0) is 176 Å². The first-order chi connectivity index (χ1) is 60.5. The molecule has 30 nitrogen and oxygen atoms in total. The summed E-state index contributed by atoms with van der Waals surface area (Å²) in [6, 6.07) is 59.7. The van der Waals surface area contributed by atoms with Crippen LogP contribution >= 0.6 is 50.1 Å². The number of benzene rings is 10. The maximum absolute atomic E-state index is 13.1. The van der Waals surface area contributed by atoms with Gasteiger partial charge in [-0.15, -0.1) is 30.3 Å². The van der Waals surface area contributed by atoms with Crippen molar-refractivity contribution in [3.63, 3.8) is 0 Å². The fraction of sp³-hybridized carbons (Fsp3) is 0.217. The van der Waals surface area contributed by atoms with E-state index in [2.05, 4.69) is 121 Å². The molecular formula is C83H68BrClF10IN20O10Y5-5. The van der Waals surface area contributed by atoms with Crippen molar-refractivity contribution in [3.8, 4) is 57.2 Å². The third-order valence-electron chi connectivity index (χ3n) is 18.4. The van der Waals surface area contributed by atoms with Gasteiger partial charge in [0.1, 0.15) is 33.0 Å². The van der Waals surface area contributed by atoms with E-state index in [4.69, 9.17) is 35.3 Å². The first-order valence-electron chi connectivity index (χ1n) is 37.0. The Morgan fingerprint density at radius 3 is 0.908 bits per heavy atom. The van der Waals surface area contributed by atoms with Gasteiger partial charge in [-0.25, -0.2) is 67.9 Å². The van der Waals surface area contributed by atoms with Crippen LogP contribution in [0.2, 0.25) is 5.02 Å². The molecule has 5 radical (unpaired) electrons. The zero-order chi connectivity index (χ0) is 90.6. The van der Waals surface area contributed by atoms with Gasteiger partial charge in [-0.2, -0.15) is 138 Å². The maximum Gasteiger partial charge on any atom is 0.368 e. The fourth-order valence-electron chi connectivity index (χ4n) is 11.8. The van der Waals surface area contributed by atoms with Crippen molar-refractivity contribution in [1.29, 1.82) is 0 Å². The summed E-state index contributed by atoms with van der Waals surface area (Å²) in [6.45, 7) is 3.67. The second-order valence-electron chi connectivity index (χ2n) is 26.3. The summed E-state index contributed by atoms with van der Waals surface area (Å²) >= 11 is 11.7. The number of hydrogen-bond acceptors (Lipinski definition) is 20. The summed E-state index contributed by atoms with van der Waals surface area (Å²) in [5.41, 5.74) is 3.82. The first kappa shape index (κ1) is 112. The van der Waals surface area contributed by atoms with E-state index in [9.17, 15) is 67.9 Å². The molecule has 0 spiro atoms. The molecule has 0 unspecified atom stereocenters. The molecule has 0 N–H and O–H groups in total. The van der Waals surface area contributed by atoms with Gasteiger partial charge in [0.25, 0.3) is 0 Å². The topological polar surface area (TPSA) is 310 Å². The molecule has 671 valence electrons. The average molecular weight is 2380 g/mol. The fourth-order valence-corrected chi connectivity index (χ4v) is 13.1. The van der Waals surface area contributed by atoms with E-state index in [1.807, 2.05) is 32.0 Å². The quantitative estimate of drug-likeness (QED) is 0.0276. The maximum atomic E-state index is 13.1. The van der Waals surface area contributed by atoms with Crippen molar-refractivity contribution in [2.45, 2.75) is 85.4 Å². The third kappa shape index (κ3) is 28.3. The molecule has 131 heavy (non-hydrogen) atoms. The van der Waals surface area contributed by atoms with Gasteiger partial charge in [0.05, 0.1) is 28.4 Å². The minimum absolute atomic E-state index is 0. The molecule has 0 aliphatic heterocycles. The smallest absolute Gasteiger partial charge is 0.368 e. The Bertz CT molecular complexity index is 6010. The van der Waals surface area contributed by atoms with Crippen molar-refractivity contribution in [1.82, 2.24) is 99.0 Å².